The van der Waals surface area contributed by atoms with Crippen molar-refractivity contribution in [2.75, 3.05) is 33.4 Å². The smallest absolute Gasteiger partial charge is 0.254 e. The Labute approximate surface area is 187 Å². The lowest BCUT2D eigenvalue weighted by atomic mass is 10.1. The van der Waals surface area contributed by atoms with Crippen LogP contribution in [0.4, 0.5) is 4.39 Å². The molecule has 0 radical (unpaired) electrons. The number of benzene rings is 2. The van der Waals surface area contributed by atoms with Crippen LogP contribution in [0.25, 0.3) is 0 Å². The van der Waals surface area contributed by atoms with E-state index in [0.29, 0.717) is 43.1 Å². The van der Waals surface area contributed by atoms with E-state index in [1.807, 2.05) is 4.90 Å². The number of nitrogens with zero attached hydrogens (tertiary/aromatic N) is 2. The normalized spacial score (nSPS) is 19.1. The number of carbonyl (C=O) groups is 2. The van der Waals surface area contributed by atoms with E-state index in [1.54, 1.807) is 36.3 Å². The molecule has 0 bridgehead atoms. The molecule has 32 heavy (non-hydrogen) atoms. The van der Waals surface area contributed by atoms with E-state index in [1.165, 1.54) is 24.3 Å². The van der Waals surface area contributed by atoms with Gasteiger partial charge in [0.05, 0.1) is 19.8 Å². The molecule has 2 fully saturated rings. The third-order valence-corrected chi connectivity index (χ3v) is 6.28. The van der Waals surface area contributed by atoms with Crippen LogP contribution in [0.5, 0.6) is 5.75 Å². The molecule has 2 amide bonds. The Balaban J connectivity index is 1.46. The number of amides is 2. The van der Waals surface area contributed by atoms with Crippen LogP contribution in [0.15, 0.2) is 48.5 Å². The van der Waals surface area contributed by atoms with Gasteiger partial charge in [-0.1, -0.05) is 12.8 Å². The average Bonchev–Trinajstić information content (AvgIpc) is 3.37. The molecule has 1 unspecified atom stereocenters. The monoisotopic (exact) mass is 440 g/mol. The SMILES string of the molecule is COc1ccc(C(=O)N(CC2CN(C(=O)c3ccc(F)cc3)CCO2)C2CCCC2)cc1. The van der Waals surface area contributed by atoms with Gasteiger partial charge in [0, 0.05) is 36.8 Å². The zero-order chi connectivity index (χ0) is 22.5. The summed E-state index contributed by atoms with van der Waals surface area (Å²) in [5.74, 6) is 0.169. The molecule has 1 atom stereocenters. The highest BCUT2D eigenvalue weighted by atomic mass is 19.1. The molecule has 0 N–H and O–H groups in total. The summed E-state index contributed by atoms with van der Waals surface area (Å²) in [5, 5.41) is 0. The van der Waals surface area contributed by atoms with E-state index in [2.05, 4.69) is 0 Å². The summed E-state index contributed by atoms with van der Waals surface area (Å²) in [5.41, 5.74) is 1.07. The first-order valence-electron chi connectivity index (χ1n) is 11.2. The molecule has 1 aliphatic heterocycles. The van der Waals surface area contributed by atoms with E-state index in [-0.39, 0.29) is 29.8 Å². The van der Waals surface area contributed by atoms with Crippen LogP contribution in [0.1, 0.15) is 46.4 Å². The maximum absolute atomic E-state index is 13.4. The maximum Gasteiger partial charge on any atom is 0.254 e. The Morgan fingerprint density at radius 1 is 1.06 bits per heavy atom. The van der Waals surface area contributed by atoms with Crippen LogP contribution in [0.3, 0.4) is 0 Å². The van der Waals surface area contributed by atoms with E-state index >= 15 is 0 Å². The molecule has 170 valence electrons. The largest absolute Gasteiger partial charge is 0.497 e. The number of carbonyl (C=O) groups excluding carboxylic acids is 2. The van der Waals surface area contributed by atoms with E-state index in [4.69, 9.17) is 9.47 Å². The zero-order valence-electron chi connectivity index (χ0n) is 18.3. The molecule has 7 heteroatoms. The van der Waals surface area contributed by atoms with Crippen molar-refractivity contribution >= 4 is 11.8 Å². The van der Waals surface area contributed by atoms with Crippen LogP contribution in [-0.2, 0) is 4.74 Å². The minimum absolute atomic E-state index is 0.0230. The highest BCUT2D eigenvalue weighted by Gasteiger charge is 2.33. The standard InChI is InChI=1S/C25H29FN2O4/c1-31-22-12-8-19(9-13-22)25(30)28(21-4-2-3-5-21)17-23-16-27(14-15-32-23)24(29)18-6-10-20(26)11-7-18/h6-13,21,23H,2-5,14-17H2,1H3. The molecule has 1 heterocycles. The summed E-state index contributed by atoms with van der Waals surface area (Å²) in [4.78, 5) is 29.9. The van der Waals surface area contributed by atoms with Gasteiger partial charge in [0.15, 0.2) is 0 Å². The van der Waals surface area contributed by atoms with Crippen molar-refractivity contribution in [3.05, 3.63) is 65.5 Å². The van der Waals surface area contributed by atoms with E-state index in [9.17, 15) is 14.0 Å². The van der Waals surface area contributed by atoms with Gasteiger partial charge in [0.2, 0.25) is 0 Å². The number of ether oxygens (including phenoxy) is 2. The maximum atomic E-state index is 13.4. The Bertz CT molecular complexity index is 926. The molecule has 4 rings (SSSR count). The fourth-order valence-corrected chi connectivity index (χ4v) is 4.52. The molecule has 2 aromatic rings. The fourth-order valence-electron chi connectivity index (χ4n) is 4.52. The Morgan fingerprint density at radius 3 is 2.38 bits per heavy atom. The number of hydrogen-bond acceptors (Lipinski definition) is 4. The topological polar surface area (TPSA) is 59.1 Å². The lowest BCUT2D eigenvalue weighted by Crippen LogP contribution is -2.52. The predicted molar refractivity (Wildman–Crippen MR) is 118 cm³/mol. The summed E-state index contributed by atoms with van der Waals surface area (Å²) < 4.78 is 24.4. The van der Waals surface area contributed by atoms with Gasteiger partial charge in [-0.3, -0.25) is 9.59 Å². The van der Waals surface area contributed by atoms with E-state index in [0.717, 1.165) is 25.7 Å². The van der Waals surface area contributed by atoms with Crippen LogP contribution >= 0.6 is 0 Å². The predicted octanol–water partition coefficient (Wildman–Crippen LogP) is 3.76. The van der Waals surface area contributed by atoms with Crippen LogP contribution in [-0.4, -0.2) is 67.1 Å². The van der Waals surface area contributed by atoms with Gasteiger partial charge in [-0.15, -0.1) is 0 Å². The summed E-state index contributed by atoms with van der Waals surface area (Å²) in [7, 11) is 1.60. The molecule has 2 aliphatic rings. The first-order valence-corrected chi connectivity index (χ1v) is 11.2. The van der Waals surface area contributed by atoms with Crippen molar-refractivity contribution in [2.24, 2.45) is 0 Å². The van der Waals surface area contributed by atoms with Gasteiger partial charge >= 0.3 is 0 Å². The quantitative estimate of drug-likeness (QED) is 0.686. The lowest BCUT2D eigenvalue weighted by Gasteiger charge is -2.38. The van der Waals surface area contributed by atoms with Crippen LogP contribution in [0, 0.1) is 5.82 Å². The second-order valence-corrected chi connectivity index (χ2v) is 8.38. The molecule has 2 aromatic carbocycles. The minimum atomic E-state index is -0.370. The van der Waals surface area contributed by atoms with E-state index < -0.39 is 0 Å². The van der Waals surface area contributed by atoms with Crippen molar-refractivity contribution < 1.29 is 23.5 Å². The molecular formula is C25H29FN2O4. The first-order chi connectivity index (χ1) is 15.5. The average molecular weight is 441 g/mol. The minimum Gasteiger partial charge on any atom is -0.497 e. The summed E-state index contributed by atoms with van der Waals surface area (Å²) >= 11 is 0. The third kappa shape index (κ3) is 5.10. The first kappa shape index (κ1) is 22.3. The number of methoxy groups -OCH3 is 1. The Morgan fingerprint density at radius 2 is 1.72 bits per heavy atom. The molecule has 1 saturated carbocycles. The second-order valence-electron chi connectivity index (χ2n) is 8.38. The van der Waals surface area contributed by atoms with Gasteiger partial charge in [0.25, 0.3) is 11.8 Å². The highest BCUT2D eigenvalue weighted by Crippen LogP contribution is 2.26. The number of halogens is 1. The molecule has 1 aliphatic carbocycles. The Hall–Kier alpha value is -2.93. The molecule has 6 nitrogen and oxygen atoms in total. The van der Waals surface area contributed by atoms with Gasteiger partial charge in [-0.25, -0.2) is 4.39 Å². The number of hydrogen-bond donors (Lipinski definition) is 0. The van der Waals surface area contributed by atoms with Crippen molar-refractivity contribution in [1.29, 1.82) is 0 Å². The van der Waals surface area contributed by atoms with Crippen molar-refractivity contribution in [1.82, 2.24) is 9.80 Å². The molecule has 0 aromatic heterocycles. The fraction of sp³-hybridized carbons (Fsp3) is 0.440. The van der Waals surface area contributed by atoms with Gasteiger partial charge < -0.3 is 19.3 Å². The van der Waals surface area contributed by atoms with Gasteiger partial charge in [-0.2, -0.15) is 0 Å². The molecule has 1 saturated heterocycles. The third-order valence-electron chi connectivity index (χ3n) is 6.28. The number of rotatable bonds is 6. The van der Waals surface area contributed by atoms with Crippen LogP contribution < -0.4 is 4.74 Å². The summed E-state index contributed by atoms with van der Waals surface area (Å²) in [6.45, 7) is 1.72. The molecule has 0 spiro atoms. The summed E-state index contributed by atoms with van der Waals surface area (Å²) in [6, 6.07) is 12.9. The number of morpholine rings is 1. The van der Waals surface area contributed by atoms with Crippen molar-refractivity contribution in [3.63, 3.8) is 0 Å². The Kier molecular flexibility index (Phi) is 7.05. The van der Waals surface area contributed by atoms with Crippen LogP contribution in [0.2, 0.25) is 0 Å². The molecular weight excluding hydrogens is 411 g/mol. The van der Waals surface area contributed by atoms with Gasteiger partial charge in [-0.05, 0) is 61.4 Å². The van der Waals surface area contributed by atoms with Crippen molar-refractivity contribution in [3.8, 4) is 5.75 Å². The summed E-state index contributed by atoms with van der Waals surface area (Å²) in [6.07, 6.45) is 3.91. The highest BCUT2D eigenvalue weighted by molar-refractivity contribution is 5.95. The lowest BCUT2D eigenvalue weighted by molar-refractivity contribution is -0.0370. The zero-order valence-corrected chi connectivity index (χ0v) is 18.3. The second kappa shape index (κ2) is 10.1. The van der Waals surface area contributed by atoms with Gasteiger partial charge in [0.1, 0.15) is 11.6 Å². The van der Waals surface area contributed by atoms with Crippen molar-refractivity contribution in [2.45, 2.75) is 37.8 Å².